The van der Waals surface area contributed by atoms with E-state index in [1.165, 1.54) is 0 Å². The minimum atomic E-state index is -0.412. The van der Waals surface area contributed by atoms with Crippen LogP contribution in [0.25, 0.3) is 0 Å². The predicted octanol–water partition coefficient (Wildman–Crippen LogP) is -1.06. The second-order valence-electron chi connectivity index (χ2n) is 2.70. The van der Waals surface area contributed by atoms with Crippen LogP contribution < -0.4 is 0 Å². The Bertz CT molecular complexity index is 136. The van der Waals surface area contributed by atoms with Crippen LogP contribution in [0.4, 0.5) is 0 Å². The van der Waals surface area contributed by atoms with Gasteiger partial charge in [0.25, 0.3) is 0 Å². The van der Waals surface area contributed by atoms with E-state index in [0.29, 0.717) is 6.42 Å². The van der Waals surface area contributed by atoms with E-state index in [9.17, 15) is 4.79 Å². The highest BCUT2D eigenvalue weighted by atomic mass is 16.5. The van der Waals surface area contributed by atoms with Crippen LogP contribution in [-0.4, -0.2) is 41.9 Å². The summed E-state index contributed by atoms with van der Waals surface area (Å²) in [6, 6.07) is 0. The molecule has 1 rings (SSSR count). The number of aldehydes is 1. The SMILES string of the molecule is O=CC1CC(CO)OC1CO. The molecule has 3 atom stereocenters. The average Bonchev–Trinajstić information content (AvgIpc) is 2.46. The van der Waals surface area contributed by atoms with Gasteiger partial charge in [0.05, 0.1) is 25.4 Å². The molecule has 1 heterocycles. The summed E-state index contributed by atoms with van der Waals surface area (Å²) in [5.74, 6) is -0.253. The molecule has 1 aliphatic heterocycles. The molecule has 0 bridgehead atoms. The molecule has 4 heteroatoms. The van der Waals surface area contributed by atoms with Gasteiger partial charge in [-0.15, -0.1) is 0 Å². The van der Waals surface area contributed by atoms with Crippen molar-refractivity contribution in [1.29, 1.82) is 0 Å². The van der Waals surface area contributed by atoms with Crippen molar-refractivity contribution >= 4 is 6.29 Å². The lowest BCUT2D eigenvalue weighted by molar-refractivity contribution is -0.113. The van der Waals surface area contributed by atoms with Crippen molar-refractivity contribution in [3.8, 4) is 0 Å². The fourth-order valence-electron chi connectivity index (χ4n) is 1.30. The molecule has 0 aliphatic carbocycles. The Morgan fingerprint density at radius 3 is 2.55 bits per heavy atom. The molecule has 1 saturated heterocycles. The largest absolute Gasteiger partial charge is 0.394 e. The molecule has 0 aromatic rings. The van der Waals surface area contributed by atoms with Gasteiger partial charge in [-0.25, -0.2) is 0 Å². The monoisotopic (exact) mass is 160 g/mol. The Labute approximate surface area is 64.8 Å². The van der Waals surface area contributed by atoms with Crippen LogP contribution in [0, 0.1) is 5.92 Å². The average molecular weight is 160 g/mol. The first-order valence-electron chi connectivity index (χ1n) is 3.64. The van der Waals surface area contributed by atoms with Crippen LogP contribution in [0.1, 0.15) is 6.42 Å². The van der Waals surface area contributed by atoms with Gasteiger partial charge < -0.3 is 19.7 Å². The summed E-state index contributed by atoms with van der Waals surface area (Å²) in [5.41, 5.74) is 0. The van der Waals surface area contributed by atoms with E-state index < -0.39 is 6.10 Å². The van der Waals surface area contributed by atoms with E-state index in [1.54, 1.807) is 0 Å². The van der Waals surface area contributed by atoms with Gasteiger partial charge in [-0.3, -0.25) is 0 Å². The summed E-state index contributed by atoms with van der Waals surface area (Å²) in [6.07, 6.45) is 0.605. The summed E-state index contributed by atoms with van der Waals surface area (Å²) in [4.78, 5) is 10.4. The van der Waals surface area contributed by atoms with Crippen LogP contribution in [0.3, 0.4) is 0 Å². The Morgan fingerprint density at radius 2 is 2.18 bits per heavy atom. The molecule has 0 amide bonds. The second kappa shape index (κ2) is 3.80. The molecule has 1 aliphatic rings. The first kappa shape index (κ1) is 8.64. The van der Waals surface area contributed by atoms with Crippen LogP contribution in [-0.2, 0) is 9.53 Å². The number of carbonyl (C=O) groups excluding carboxylic acids is 1. The fourth-order valence-corrected chi connectivity index (χ4v) is 1.30. The van der Waals surface area contributed by atoms with Crippen molar-refractivity contribution in [2.24, 2.45) is 5.92 Å². The van der Waals surface area contributed by atoms with Crippen LogP contribution in [0.15, 0.2) is 0 Å². The lowest BCUT2D eigenvalue weighted by Gasteiger charge is -2.09. The molecule has 64 valence electrons. The predicted molar refractivity (Wildman–Crippen MR) is 37.0 cm³/mol. The number of hydrogen-bond acceptors (Lipinski definition) is 4. The number of aliphatic hydroxyl groups is 2. The van der Waals surface area contributed by atoms with E-state index in [4.69, 9.17) is 14.9 Å². The highest BCUT2D eigenvalue weighted by molar-refractivity contribution is 5.55. The molecule has 11 heavy (non-hydrogen) atoms. The highest BCUT2D eigenvalue weighted by Crippen LogP contribution is 2.23. The molecular formula is C7H12O4. The van der Waals surface area contributed by atoms with Gasteiger partial charge in [0.2, 0.25) is 0 Å². The zero-order chi connectivity index (χ0) is 8.27. The van der Waals surface area contributed by atoms with Gasteiger partial charge in [-0.05, 0) is 6.42 Å². The zero-order valence-corrected chi connectivity index (χ0v) is 6.14. The first-order valence-corrected chi connectivity index (χ1v) is 3.64. The number of ether oxygens (including phenoxy) is 1. The minimum absolute atomic E-state index is 0.0825. The van der Waals surface area contributed by atoms with Crippen molar-refractivity contribution in [2.75, 3.05) is 13.2 Å². The van der Waals surface area contributed by atoms with Gasteiger partial charge in [0.1, 0.15) is 6.29 Å². The summed E-state index contributed by atoms with van der Waals surface area (Å²) in [7, 11) is 0. The lowest BCUT2D eigenvalue weighted by atomic mass is 10.0. The van der Waals surface area contributed by atoms with Crippen molar-refractivity contribution in [3.05, 3.63) is 0 Å². The van der Waals surface area contributed by atoms with Crippen LogP contribution in [0.2, 0.25) is 0 Å². The topological polar surface area (TPSA) is 66.8 Å². The normalized spacial score (nSPS) is 37.5. The fraction of sp³-hybridized carbons (Fsp3) is 0.857. The molecule has 0 spiro atoms. The number of carbonyl (C=O) groups is 1. The Balaban J connectivity index is 2.47. The third-order valence-electron chi connectivity index (χ3n) is 1.94. The third-order valence-corrected chi connectivity index (χ3v) is 1.94. The number of aliphatic hydroxyl groups excluding tert-OH is 2. The molecule has 0 aromatic carbocycles. The lowest BCUT2D eigenvalue weighted by Crippen LogP contribution is -2.21. The second-order valence-corrected chi connectivity index (χ2v) is 2.70. The van der Waals surface area contributed by atoms with Gasteiger partial charge in [-0.2, -0.15) is 0 Å². The van der Waals surface area contributed by atoms with Crippen molar-refractivity contribution < 1.29 is 19.7 Å². The molecule has 0 saturated carbocycles. The molecular weight excluding hydrogens is 148 g/mol. The first-order chi connectivity index (χ1) is 5.31. The van der Waals surface area contributed by atoms with Crippen molar-refractivity contribution in [1.82, 2.24) is 0 Å². The maximum absolute atomic E-state index is 10.4. The van der Waals surface area contributed by atoms with Gasteiger partial charge in [-0.1, -0.05) is 0 Å². The van der Waals surface area contributed by atoms with Gasteiger partial charge in [0.15, 0.2) is 0 Å². The van der Waals surface area contributed by atoms with Crippen LogP contribution in [0.5, 0.6) is 0 Å². The van der Waals surface area contributed by atoms with Gasteiger partial charge in [0, 0.05) is 5.92 Å². The molecule has 2 N–H and O–H groups in total. The molecule has 0 radical (unpaired) electrons. The van der Waals surface area contributed by atoms with Gasteiger partial charge >= 0.3 is 0 Å². The molecule has 4 nitrogen and oxygen atoms in total. The summed E-state index contributed by atoms with van der Waals surface area (Å²) >= 11 is 0. The minimum Gasteiger partial charge on any atom is -0.394 e. The van der Waals surface area contributed by atoms with E-state index >= 15 is 0 Å². The van der Waals surface area contributed by atoms with Crippen molar-refractivity contribution in [2.45, 2.75) is 18.6 Å². The smallest absolute Gasteiger partial charge is 0.125 e. The Morgan fingerprint density at radius 1 is 1.45 bits per heavy atom. The van der Waals surface area contributed by atoms with Crippen LogP contribution >= 0.6 is 0 Å². The maximum atomic E-state index is 10.4. The Hall–Kier alpha value is -0.450. The van der Waals surface area contributed by atoms with E-state index in [-0.39, 0.29) is 25.2 Å². The number of rotatable bonds is 3. The van der Waals surface area contributed by atoms with E-state index in [2.05, 4.69) is 0 Å². The summed E-state index contributed by atoms with van der Waals surface area (Å²) < 4.78 is 5.13. The zero-order valence-electron chi connectivity index (χ0n) is 6.14. The summed E-state index contributed by atoms with van der Waals surface area (Å²) in [5, 5.41) is 17.4. The molecule has 0 aromatic heterocycles. The molecule has 3 unspecified atom stereocenters. The quantitative estimate of drug-likeness (QED) is 0.517. The van der Waals surface area contributed by atoms with E-state index in [1.807, 2.05) is 0 Å². The maximum Gasteiger partial charge on any atom is 0.125 e. The summed E-state index contributed by atoms with van der Waals surface area (Å²) in [6.45, 7) is -0.235. The van der Waals surface area contributed by atoms with Crippen molar-refractivity contribution in [3.63, 3.8) is 0 Å². The highest BCUT2D eigenvalue weighted by Gasteiger charge is 2.33. The number of hydrogen-bond donors (Lipinski definition) is 2. The third kappa shape index (κ3) is 1.77. The molecule has 1 fully saturated rings. The Kier molecular flexibility index (Phi) is 2.99. The standard InChI is InChI=1S/C7H12O4/c8-2-5-1-6(3-9)11-7(5)4-10/h2,5-7,9-10H,1,3-4H2. The van der Waals surface area contributed by atoms with E-state index in [0.717, 1.165) is 6.29 Å².